The Morgan fingerprint density at radius 3 is 2.42 bits per heavy atom. The van der Waals surface area contributed by atoms with E-state index >= 15 is 0 Å². The van der Waals surface area contributed by atoms with Gasteiger partial charge in [0.25, 0.3) is 0 Å². The second-order valence-electron chi connectivity index (χ2n) is 4.31. The van der Waals surface area contributed by atoms with Crippen molar-refractivity contribution >= 4 is 9.84 Å². The smallest absolute Gasteiger partial charge is 0.149 e. The molecule has 0 saturated carbocycles. The van der Waals surface area contributed by atoms with Crippen molar-refractivity contribution < 1.29 is 17.9 Å². The maximum absolute atomic E-state index is 11.5. The highest BCUT2D eigenvalue weighted by atomic mass is 32.2. The number of methoxy groups -OCH3 is 2. The van der Waals surface area contributed by atoms with E-state index in [4.69, 9.17) is 9.47 Å². The number of rotatable bonds is 7. The van der Waals surface area contributed by atoms with Crippen LogP contribution in [0.4, 0.5) is 0 Å². The normalized spacial score (nSPS) is 13.1. The Labute approximate surface area is 114 Å². The molecule has 1 unspecified atom stereocenters. The van der Waals surface area contributed by atoms with Crippen molar-refractivity contribution in [2.75, 3.05) is 32.8 Å². The highest BCUT2D eigenvalue weighted by Crippen LogP contribution is 2.30. The van der Waals surface area contributed by atoms with Crippen LogP contribution in [0.15, 0.2) is 18.2 Å². The molecule has 1 rings (SSSR count). The number of sulfone groups is 1. The molecule has 1 atom stereocenters. The van der Waals surface area contributed by atoms with Gasteiger partial charge in [0.1, 0.15) is 21.3 Å². The molecule has 0 heterocycles. The van der Waals surface area contributed by atoms with E-state index in [1.165, 1.54) is 6.26 Å². The van der Waals surface area contributed by atoms with Crippen molar-refractivity contribution in [2.24, 2.45) is 0 Å². The van der Waals surface area contributed by atoms with Crippen LogP contribution < -0.4 is 14.8 Å². The second-order valence-corrected chi connectivity index (χ2v) is 6.50. The summed E-state index contributed by atoms with van der Waals surface area (Å²) in [4.78, 5) is 0. The van der Waals surface area contributed by atoms with Gasteiger partial charge >= 0.3 is 0 Å². The lowest BCUT2D eigenvalue weighted by atomic mass is 10.1. The maximum atomic E-state index is 11.5. The highest BCUT2D eigenvalue weighted by molar-refractivity contribution is 7.90. The largest absolute Gasteiger partial charge is 0.497 e. The molecule has 0 fully saturated rings. The van der Waals surface area contributed by atoms with Gasteiger partial charge in [-0.25, -0.2) is 8.42 Å². The van der Waals surface area contributed by atoms with E-state index in [1.54, 1.807) is 26.4 Å². The van der Waals surface area contributed by atoms with Crippen LogP contribution in [0.5, 0.6) is 11.5 Å². The summed E-state index contributed by atoms with van der Waals surface area (Å²) in [5.41, 5.74) is 0.815. The topological polar surface area (TPSA) is 64.6 Å². The van der Waals surface area contributed by atoms with Crippen LogP contribution in [0.3, 0.4) is 0 Å². The molecule has 0 aliphatic rings. The average Bonchev–Trinajstić information content (AvgIpc) is 2.36. The summed E-state index contributed by atoms with van der Waals surface area (Å²) in [6.07, 6.45) is 1.23. The molecule has 0 spiro atoms. The lowest BCUT2D eigenvalue weighted by molar-refractivity contribution is 0.386. The zero-order chi connectivity index (χ0) is 14.5. The van der Waals surface area contributed by atoms with Crippen molar-refractivity contribution in [2.45, 2.75) is 13.0 Å². The Morgan fingerprint density at radius 1 is 1.26 bits per heavy atom. The summed E-state index contributed by atoms with van der Waals surface area (Å²) in [5, 5.41) is 3.17. The van der Waals surface area contributed by atoms with Crippen LogP contribution in [-0.4, -0.2) is 41.2 Å². The molecule has 0 aromatic heterocycles. The standard InChI is InChI=1S/C13H21NO4S/c1-5-14-12(9-19(4,15)16)11-7-6-10(17-2)8-13(11)18-3/h6-8,12,14H,5,9H2,1-4H3. The molecule has 0 saturated heterocycles. The monoisotopic (exact) mass is 287 g/mol. The number of hydrogen-bond acceptors (Lipinski definition) is 5. The van der Waals surface area contributed by atoms with E-state index < -0.39 is 9.84 Å². The SMILES string of the molecule is CCNC(CS(C)(=O)=O)c1ccc(OC)cc1OC. The molecule has 1 aromatic carbocycles. The molecular formula is C13H21NO4S. The third-order valence-electron chi connectivity index (χ3n) is 2.74. The van der Waals surface area contributed by atoms with Gasteiger partial charge in [-0.2, -0.15) is 0 Å². The molecule has 0 bridgehead atoms. The van der Waals surface area contributed by atoms with E-state index in [0.29, 0.717) is 18.0 Å². The van der Waals surface area contributed by atoms with Gasteiger partial charge in [-0.3, -0.25) is 0 Å². The highest BCUT2D eigenvalue weighted by Gasteiger charge is 2.20. The summed E-state index contributed by atoms with van der Waals surface area (Å²) in [6.45, 7) is 2.61. The van der Waals surface area contributed by atoms with Crippen molar-refractivity contribution in [3.8, 4) is 11.5 Å². The molecular weight excluding hydrogens is 266 g/mol. The number of benzene rings is 1. The van der Waals surface area contributed by atoms with Gasteiger partial charge in [0.05, 0.1) is 20.0 Å². The molecule has 6 heteroatoms. The molecule has 1 N–H and O–H groups in total. The third-order valence-corrected chi connectivity index (χ3v) is 3.67. The van der Waals surface area contributed by atoms with Crippen LogP contribution in [0.1, 0.15) is 18.5 Å². The van der Waals surface area contributed by atoms with Gasteiger partial charge in [0, 0.05) is 23.9 Å². The van der Waals surface area contributed by atoms with Gasteiger partial charge in [-0.15, -0.1) is 0 Å². The summed E-state index contributed by atoms with van der Waals surface area (Å²) in [7, 11) is 0.0497. The Bertz CT molecular complexity index is 513. The Balaban J connectivity index is 3.14. The lowest BCUT2D eigenvalue weighted by Crippen LogP contribution is -2.28. The first-order valence-electron chi connectivity index (χ1n) is 6.04. The second kappa shape index (κ2) is 6.77. The molecule has 19 heavy (non-hydrogen) atoms. The number of ether oxygens (including phenoxy) is 2. The van der Waals surface area contributed by atoms with Gasteiger partial charge in [0.15, 0.2) is 0 Å². The van der Waals surface area contributed by atoms with Crippen LogP contribution in [0, 0.1) is 0 Å². The lowest BCUT2D eigenvalue weighted by Gasteiger charge is -2.20. The third kappa shape index (κ3) is 4.72. The first-order chi connectivity index (χ1) is 8.91. The Hall–Kier alpha value is -1.27. The molecule has 0 radical (unpaired) electrons. The minimum Gasteiger partial charge on any atom is -0.497 e. The van der Waals surface area contributed by atoms with Crippen LogP contribution in [0.25, 0.3) is 0 Å². The Kier molecular flexibility index (Phi) is 5.62. The van der Waals surface area contributed by atoms with E-state index in [2.05, 4.69) is 5.32 Å². The van der Waals surface area contributed by atoms with Crippen molar-refractivity contribution in [3.05, 3.63) is 23.8 Å². The molecule has 1 aromatic rings. The zero-order valence-electron chi connectivity index (χ0n) is 11.8. The van der Waals surface area contributed by atoms with Gasteiger partial charge in [0.2, 0.25) is 0 Å². The van der Waals surface area contributed by atoms with Crippen molar-refractivity contribution in [1.82, 2.24) is 5.32 Å². The fraction of sp³-hybridized carbons (Fsp3) is 0.538. The van der Waals surface area contributed by atoms with Crippen molar-refractivity contribution in [1.29, 1.82) is 0 Å². The minimum atomic E-state index is -3.08. The fourth-order valence-electron chi connectivity index (χ4n) is 1.91. The van der Waals surface area contributed by atoms with Gasteiger partial charge < -0.3 is 14.8 Å². The van der Waals surface area contributed by atoms with Gasteiger partial charge in [-0.1, -0.05) is 13.0 Å². The number of hydrogen-bond donors (Lipinski definition) is 1. The molecule has 0 aliphatic carbocycles. The predicted octanol–water partition coefficient (Wildman–Crippen LogP) is 1.40. The quantitative estimate of drug-likeness (QED) is 0.821. The first kappa shape index (κ1) is 15.8. The molecule has 5 nitrogen and oxygen atoms in total. The Morgan fingerprint density at radius 2 is 1.95 bits per heavy atom. The first-order valence-corrected chi connectivity index (χ1v) is 8.10. The van der Waals surface area contributed by atoms with E-state index in [1.807, 2.05) is 13.0 Å². The van der Waals surface area contributed by atoms with Crippen LogP contribution in [0.2, 0.25) is 0 Å². The van der Waals surface area contributed by atoms with E-state index in [-0.39, 0.29) is 11.8 Å². The zero-order valence-corrected chi connectivity index (χ0v) is 12.6. The summed E-state index contributed by atoms with van der Waals surface area (Å²) < 4.78 is 33.5. The predicted molar refractivity (Wildman–Crippen MR) is 75.7 cm³/mol. The maximum Gasteiger partial charge on any atom is 0.149 e. The summed E-state index contributed by atoms with van der Waals surface area (Å²) >= 11 is 0. The van der Waals surface area contributed by atoms with Gasteiger partial charge in [-0.05, 0) is 12.6 Å². The van der Waals surface area contributed by atoms with E-state index in [9.17, 15) is 8.42 Å². The number of nitrogens with one attached hydrogen (secondary N) is 1. The molecule has 0 amide bonds. The van der Waals surface area contributed by atoms with E-state index in [0.717, 1.165) is 5.56 Å². The molecule has 108 valence electrons. The van der Waals surface area contributed by atoms with Crippen LogP contribution in [-0.2, 0) is 9.84 Å². The summed E-state index contributed by atoms with van der Waals surface area (Å²) in [5.74, 6) is 1.33. The molecule has 0 aliphatic heterocycles. The average molecular weight is 287 g/mol. The minimum absolute atomic E-state index is 0.0313. The summed E-state index contributed by atoms with van der Waals surface area (Å²) in [6, 6.07) is 5.09. The fourth-order valence-corrected chi connectivity index (χ4v) is 2.82. The van der Waals surface area contributed by atoms with Crippen LogP contribution >= 0.6 is 0 Å². The van der Waals surface area contributed by atoms with Crippen molar-refractivity contribution in [3.63, 3.8) is 0 Å².